The lowest BCUT2D eigenvalue weighted by Crippen LogP contribution is -3.00. The molecule has 0 spiro atoms. The van der Waals surface area contributed by atoms with Gasteiger partial charge in [-0.15, -0.1) is 0 Å². The minimum Gasteiger partial charge on any atom is -1.00 e. The van der Waals surface area contributed by atoms with Crippen LogP contribution in [0.4, 0.5) is 4.39 Å². The van der Waals surface area contributed by atoms with Gasteiger partial charge in [0.25, 0.3) is 0 Å². The Balaban J connectivity index is 0.00000200. The summed E-state index contributed by atoms with van der Waals surface area (Å²) in [6.45, 7) is 1.28. The summed E-state index contributed by atoms with van der Waals surface area (Å²) >= 11 is 0. The Morgan fingerprint density at radius 1 is 0.950 bits per heavy atom. The Hall–Kier alpha value is -1.91. The fraction of sp³-hybridized carbons (Fsp3) is 0.133. The van der Waals surface area contributed by atoms with E-state index in [1.807, 2.05) is 0 Å². The van der Waals surface area contributed by atoms with E-state index in [4.69, 9.17) is 5.11 Å². The van der Waals surface area contributed by atoms with Crippen LogP contribution in [0.2, 0.25) is 0 Å². The third-order valence-electron chi connectivity index (χ3n) is 2.77. The summed E-state index contributed by atoms with van der Waals surface area (Å²) < 4.78 is 12.7. The molecule has 0 bridgehead atoms. The number of benzene rings is 2. The van der Waals surface area contributed by atoms with Crippen LogP contribution in [0, 0.1) is 5.82 Å². The van der Waals surface area contributed by atoms with Crippen LogP contribution in [-0.2, 0) is 13.1 Å². The van der Waals surface area contributed by atoms with Crippen molar-refractivity contribution in [1.82, 2.24) is 5.32 Å². The van der Waals surface area contributed by atoms with Crippen LogP contribution in [0.3, 0.4) is 0 Å². The Bertz CT molecular complexity index is 555. The Morgan fingerprint density at radius 2 is 1.40 bits per heavy atom. The summed E-state index contributed by atoms with van der Waals surface area (Å²) in [7, 11) is 0. The standard InChI is InChI=1S/C15H14FNO2.ClH/c16-14-7-3-12(4-8-14)10-17-9-11-1-5-13(6-2-11)15(18)19;/h1-8,17H,9-10H2,(H,18,19);1H/p-1. The van der Waals surface area contributed by atoms with Crippen molar-refractivity contribution in [2.45, 2.75) is 13.1 Å². The second kappa shape index (κ2) is 7.62. The molecule has 2 aromatic rings. The van der Waals surface area contributed by atoms with Gasteiger partial charge in [0.15, 0.2) is 0 Å². The topological polar surface area (TPSA) is 49.3 Å². The molecule has 0 aromatic heterocycles. The Labute approximate surface area is 122 Å². The molecule has 3 nitrogen and oxygen atoms in total. The molecule has 0 aliphatic heterocycles. The van der Waals surface area contributed by atoms with E-state index in [1.54, 1.807) is 36.4 Å². The van der Waals surface area contributed by atoms with Crippen molar-refractivity contribution >= 4 is 5.97 Å². The maximum absolute atomic E-state index is 12.7. The molecule has 0 amide bonds. The predicted octanol–water partition coefficient (Wildman–Crippen LogP) is -0.182. The SMILES string of the molecule is O=C(O)c1ccc(CNCc2ccc(F)cc2)cc1.[Cl-]. The van der Waals surface area contributed by atoms with Gasteiger partial charge in [0.1, 0.15) is 5.82 Å². The molecule has 0 radical (unpaired) electrons. The van der Waals surface area contributed by atoms with Crippen molar-refractivity contribution in [3.63, 3.8) is 0 Å². The third-order valence-corrected chi connectivity index (χ3v) is 2.77. The van der Waals surface area contributed by atoms with Crippen molar-refractivity contribution in [2.24, 2.45) is 0 Å². The van der Waals surface area contributed by atoms with Crippen LogP contribution in [0.5, 0.6) is 0 Å². The van der Waals surface area contributed by atoms with E-state index >= 15 is 0 Å². The van der Waals surface area contributed by atoms with Crippen LogP contribution in [-0.4, -0.2) is 11.1 Å². The van der Waals surface area contributed by atoms with E-state index in [9.17, 15) is 9.18 Å². The molecular weight excluding hydrogens is 281 g/mol. The second-order valence-corrected chi connectivity index (χ2v) is 4.23. The van der Waals surface area contributed by atoms with Crippen LogP contribution >= 0.6 is 0 Å². The van der Waals surface area contributed by atoms with E-state index in [1.165, 1.54) is 12.1 Å². The van der Waals surface area contributed by atoms with Crippen LogP contribution in [0.15, 0.2) is 48.5 Å². The molecule has 20 heavy (non-hydrogen) atoms. The quantitative estimate of drug-likeness (QED) is 0.804. The molecule has 2 aromatic carbocycles. The van der Waals surface area contributed by atoms with Gasteiger partial charge in [-0.1, -0.05) is 24.3 Å². The molecule has 2 N–H and O–H groups in total. The highest BCUT2D eigenvalue weighted by Gasteiger charge is 2.01. The van der Waals surface area contributed by atoms with E-state index in [0.29, 0.717) is 13.1 Å². The summed E-state index contributed by atoms with van der Waals surface area (Å²) in [5, 5.41) is 12.0. The molecule has 106 valence electrons. The number of aromatic carboxylic acids is 1. The second-order valence-electron chi connectivity index (χ2n) is 4.23. The van der Waals surface area contributed by atoms with Crippen LogP contribution < -0.4 is 17.7 Å². The number of hydrogen-bond acceptors (Lipinski definition) is 2. The molecule has 0 aliphatic rings. The largest absolute Gasteiger partial charge is 1.00 e. The third kappa shape index (κ3) is 4.64. The lowest BCUT2D eigenvalue weighted by molar-refractivity contribution is -0.0000200. The van der Waals surface area contributed by atoms with Gasteiger partial charge in [-0.25, -0.2) is 9.18 Å². The minimum absolute atomic E-state index is 0. The first-order valence-corrected chi connectivity index (χ1v) is 5.92. The van der Waals surface area contributed by atoms with Gasteiger partial charge in [-0.3, -0.25) is 0 Å². The zero-order valence-corrected chi connectivity index (χ0v) is 11.4. The lowest BCUT2D eigenvalue weighted by atomic mass is 10.1. The van der Waals surface area contributed by atoms with Gasteiger partial charge in [0.2, 0.25) is 0 Å². The molecule has 0 atom stereocenters. The Kier molecular flexibility index (Phi) is 6.15. The molecule has 0 saturated carbocycles. The first-order valence-electron chi connectivity index (χ1n) is 5.92. The Morgan fingerprint density at radius 3 is 1.85 bits per heavy atom. The first-order chi connectivity index (χ1) is 9.15. The van der Waals surface area contributed by atoms with E-state index < -0.39 is 5.97 Å². The van der Waals surface area contributed by atoms with Gasteiger partial charge in [-0.05, 0) is 35.4 Å². The molecule has 0 aliphatic carbocycles. The summed E-state index contributed by atoms with van der Waals surface area (Å²) in [5.41, 5.74) is 2.29. The average Bonchev–Trinajstić information content (AvgIpc) is 2.41. The summed E-state index contributed by atoms with van der Waals surface area (Å²) in [6, 6.07) is 13.0. The van der Waals surface area contributed by atoms with Crippen molar-refractivity contribution in [3.05, 3.63) is 71.0 Å². The number of carboxylic acids is 1. The molecular formula is C15H14ClFNO2-. The monoisotopic (exact) mass is 294 g/mol. The van der Waals surface area contributed by atoms with E-state index in [-0.39, 0.29) is 23.8 Å². The molecule has 2 rings (SSSR count). The van der Waals surface area contributed by atoms with Gasteiger partial charge < -0.3 is 22.8 Å². The van der Waals surface area contributed by atoms with Crippen molar-refractivity contribution in [2.75, 3.05) is 0 Å². The maximum Gasteiger partial charge on any atom is 0.335 e. The number of rotatable bonds is 5. The van der Waals surface area contributed by atoms with Crippen LogP contribution in [0.1, 0.15) is 21.5 Å². The number of halogens is 2. The zero-order chi connectivity index (χ0) is 13.7. The maximum atomic E-state index is 12.7. The molecule has 0 unspecified atom stereocenters. The minimum atomic E-state index is -0.925. The molecule has 0 heterocycles. The normalized spacial score (nSPS) is 9.85. The van der Waals surface area contributed by atoms with Gasteiger partial charge in [0, 0.05) is 13.1 Å². The predicted molar refractivity (Wildman–Crippen MR) is 70.3 cm³/mol. The highest BCUT2D eigenvalue weighted by Crippen LogP contribution is 2.06. The number of carboxylic acid groups (broad SMARTS) is 1. The summed E-state index contributed by atoms with van der Waals surface area (Å²) in [6.07, 6.45) is 0. The molecule has 0 fully saturated rings. The fourth-order valence-electron chi connectivity index (χ4n) is 1.72. The number of hydrogen-bond donors (Lipinski definition) is 2. The van der Waals surface area contributed by atoms with Gasteiger partial charge >= 0.3 is 5.97 Å². The van der Waals surface area contributed by atoms with Crippen molar-refractivity contribution < 1.29 is 26.7 Å². The van der Waals surface area contributed by atoms with Crippen LogP contribution in [0.25, 0.3) is 0 Å². The van der Waals surface area contributed by atoms with Gasteiger partial charge in [-0.2, -0.15) is 0 Å². The van der Waals surface area contributed by atoms with E-state index in [0.717, 1.165) is 11.1 Å². The van der Waals surface area contributed by atoms with E-state index in [2.05, 4.69) is 5.32 Å². The summed E-state index contributed by atoms with van der Waals surface area (Å²) in [5.74, 6) is -1.17. The zero-order valence-electron chi connectivity index (χ0n) is 10.6. The molecule has 5 heteroatoms. The van der Waals surface area contributed by atoms with Gasteiger partial charge in [0.05, 0.1) is 5.56 Å². The average molecular weight is 295 g/mol. The summed E-state index contributed by atoms with van der Waals surface area (Å²) in [4.78, 5) is 10.7. The van der Waals surface area contributed by atoms with Crippen molar-refractivity contribution in [1.29, 1.82) is 0 Å². The lowest BCUT2D eigenvalue weighted by Gasteiger charge is -2.05. The van der Waals surface area contributed by atoms with Crippen molar-refractivity contribution in [3.8, 4) is 0 Å². The fourth-order valence-corrected chi connectivity index (χ4v) is 1.72. The highest BCUT2D eigenvalue weighted by molar-refractivity contribution is 5.87. The number of carbonyl (C=O) groups is 1. The first kappa shape index (κ1) is 16.1. The number of nitrogens with one attached hydrogen (secondary N) is 1. The highest BCUT2D eigenvalue weighted by atomic mass is 35.5. The smallest absolute Gasteiger partial charge is 0.335 e. The molecule has 0 saturated heterocycles.